The van der Waals surface area contributed by atoms with Gasteiger partial charge in [-0.2, -0.15) is 0 Å². The number of rotatable bonds is 8. The summed E-state index contributed by atoms with van der Waals surface area (Å²) in [6, 6.07) is 7.41. The topological polar surface area (TPSA) is 89.0 Å². The summed E-state index contributed by atoms with van der Waals surface area (Å²) in [5, 5.41) is 11.3. The Balaban J connectivity index is 2.02. The summed E-state index contributed by atoms with van der Waals surface area (Å²) >= 11 is 6.19. The van der Waals surface area contributed by atoms with Crippen LogP contribution in [0.5, 0.6) is 5.75 Å². The fraction of sp³-hybridized carbons (Fsp3) is 0.348. The number of amides is 1. The first kappa shape index (κ1) is 22.8. The first-order valence-corrected chi connectivity index (χ1v) is 10.4. The van der Waals surface area contributed by atoms with E-state index in [0.717, 1.165) is 0 Å². The molecule has 1 atom stereocenters. The molecule has 0 radical (unpaired) electrons. The number of aliphatic hydroxyl groups is 1. The third-order valence-corrected chi connectivity index (χ3v) is 5.28. The number of carbonyl (C=O) groups excluding carboxylic acids is 2. The lowest BCUT2D eigenvalue weighted by Crippen LogP contribution is -2.31. The Hall–Kier alpha value is -2.90. The van der Waals surface area contributed by atoms with Crippen LogP contribution in [0.2, 0.25) is 5.02 Å². The predicted molar refractivity (Wildman–Crippen MR) is 117 cm³/mol. The van der Waals surface area contributed by atoms with Crippen molar-refractivity contribution in [2.24, 2.45) is 0 Å². The number of ketones is 1. The Morgan fingerprint density at radius 2 is 1.94 bits per heavy atom. The second-order valence-corrected chi connectivity index (χ2v) is 7.80. The number of ether oxygens (including phenoxy) is 2. The van der Waals surface area contributed by atoms with Crippen molar-refractivity contribution in [3.8, 4) is 5.75 Å². The molecule has 1 fully saturated rings. The molecule has 0 spiro atoms. The molecule has 8 heteroatoms. The SMILES string of the molecule is COc1ccc(/C(O)=C2/C(=O)C(=O)N(CCCOC(C)C)C2c2ccncc2)cc1Cl. The minimum absolute atomic E-state index is 0.0159. The van der Waals surface area contributed by atoms with Crippen LogP contribution in [-0.2, 0) is 14.3 Å². The second-order valence-electron chi connectivity index (χ2n) is 7.40. The molecule has 3 rings (SSSR count). The van der Waals surface area contributed by atoms with Crippen molar-refractivity contribution in [1.82, 2.24) is 9.88 Å². The maximum Gasteiger partial charge on any atom is 0.295 e. The van der Waals surface area contributed by atoms with Gasteiger partial charge in [-0.05, 0) is 56.2 Å². The molecule has 0 bridgehead atoms. The van der Waals surface area contributed by atoms with Gasteiger partial charge in [0.25, 0.3) is 11.7 Å². The first-order valence-electron chi connectivity index (χ1n) is 9.99. The van der Waals surface area contributed by atoms with Crippen LogP contribution in [-0.4, -0.2) is 53.0 Å². The summed E-state index contributed by atoms with van der Waals surface area (Å²) in [6.07, 6.45) is 3.80. The number of likely N-dealkylation sites (tertiary alicyclic amines) is 1. The molecule has 1 aliphatic heterocycles. The molecule has 1 aromatic heterocycles. The van der Waals surface area contributed by atoms with E-state index >= 15 is 0 Å². The van der Waals surface area contributed by atoms with Crippen LogP contribution in [0.25, 0.3) is 5.76 Å². The van der Waals surface area contributed by atoms with Crippen LogP contribution in [0, 0.1) is 0 Å². The van der Waals surface area contributed by atoms with Crippen LogP contribution < -0.4 is 4.74 Å². The minimum atomic E-state index is -0.740. The summed E-state index contributed by atoms with van der Waals surface area (Å²) in [7, 11) is 1.48. The lowest BCUT2D eigenvalue weighted by Gasteiger charge is -2.25. The lowest BCUT2D eigenvalue weighted by molar-refractivity contribution is -0.140. The molecule has 1 saturated heterocycles. The van der Waals surface area contributed by atoms with Gasteiger partial charge in [0.1, 0.15) is 11.5 Å². The third kappa shape index (κ3) is 4.89. The highest BCUT2D eigenvalue weighted by molar-refractivity contribution is 6.46. The summed E-state index contributed by atoms with van der Waals surface area (Å²) < 4.78 is 10.7. The van der Waals surface area contributed by atoms with Crippen molar-refractivity contribution in [3.05, 3.63) is 64.4 Å². The number of methoxy groups -OCH3 is 1. The largest absolute Gasteiger partial charge is 0.507 e. The van der Waals surface area contributed by atoms with Gasteiger partial charge in [0, 0.05) is 31.1 Å². The summed E-state index contributed by atoms with van der Waals surface area (Å²) in [5.41, 5.74) is 1.02. The number of hydrogen-bond acceptors (Lipinski definition) is 6. The van der Waals surface area contributed by atoms with Crippen molar-refractivity contribution in [2.45, 2.75) is 32.4 Å². The van der Waals surface area contributed by atoms with Gasteiger partial charge < -0.3 is 19.5 Å². The number of aromatic nitrogens is 1. The quantitative estimate of drug-likeness (QED) is 0.287. The lowest BCUT2D eigenvalue weighted by atomic mass is 9.96. The average molecular weight is 445 g/mol. The van der Waals surface area contributed by atoms with Gasteiger partial charge >= 0.3 is 0 Å². The number of carbonyl (C=O) groups is 2. The van der Waals surface area contributed by atoms with E-state index in [1.165, 1.54) is 18.1 Å². The molecule has 1 amide bonds. The van der Waals surface area contributed by atoms with E-state index in [4.69, 9.17) is 21.1 Å². The highest BCUT2D eigenvalue weighted by atomic mass is 35.5. The van der Waals surface area contributed by atoms with Crippen molar-refractivity contribution < 1.29 is 24.2 Å². The van der Waals surface area contributed by atoms with Gasteiger partial charge in [-0.25, -0.2) is 0 Å². The zero-order valence-electron chi connectivity index (χ0n) is 17.7. The van der Waals surface area contributed by atoms with Crippen molar-refractivity contribution in [2.75, 3.05) is 20.3 Å². The number of pyridine rings is 1. The number of aliphatic hydroxyl groups excluding tert-OH is 1. The fourth-order valence-electron chi connectivity index (χ4n) is 3.53. The van der Waals surface area contributed by atoms with Crippen LogP contribution in [0.3, 0.4) is 0 Å². The van der Waals surface area contributed by atoms with Crippen LogP contribution in [0.15, 0.2) is 48.3 Å². The zero-order valence-corrected chi connectivity index (χ0v) is 18.4. The van der Waals surface area contributed by atoms with E-state index in [2.05, 4.69) is 4.98 Å². The van der Waals surface area contributed by atoms with E-state index in [9.17, 15) is 14.7 Å². The first-order chi connectivity index (χ1) is 14.8. The molecule has 164 valence electrons. The molecular formula is C23H25ClN2O5. The van der Waals surface area contributed by atoms with Gasteiger partial charge in [-0.3, -0.25) is 14.6 Å². The Labute approximate surface area is 186 Å². The summed E-state index contributed by atoms with van der Waals surface area (Å²) in [6.45, 7) is 4.63. The number of halogens is 1. The average Bonchev–Trinajstić information content (AvgIpc) is 3.01. The Morgan fingerprint density at radius 3 is 2.55 bits per heavy atom. The van der Waals surface area contributed by atoms with Crippen molar-refractivity contribution >= 4 is 29.1 Å². The Morgan fingerprint density at radius 1 is 1.23 bits per heavy atom. The number of hydrogen-bond donors (Lipinski definition) is 1. The molecule has 2 heterocycles. The number of Topliss-reactive ketones (excluding diaryl/α,β-unsaturated/α-hetero) is 1. The van der Waals surface area contributed by atoms with Gasteiger partial charge in [-0.15, -0.1) is 0 Å². The number of nitrogens with zero attached hydrogens (tertiary/aromatic N) is 2. The predicted octanol–water partition coefficient (Wildman–Crippen LogP) is 3.98. The van der Waals surface area contributed by atoms with Crippen molar-refractivity contribution in [1.29, 1.82) is 0 Å². The normalized spacial score (nSPS) is 18.1. The van der Waals surface area contributed by atoms with E-state index in [-0.39, 0.29) is 22.5 Å². The third-order valence-electron chi connectivity index (χ3n) is 4.98. The van der Waals surface area contributed by atoms with E-state index in [0.29, 0.717) is 36.4 Å². The highest BCUT2D eigenvalue weighted by Gasteiger charge is 2.45. The van der Waals surface area contributed by atoms with Crippen molar-refractivity contribution in [3.63, 3.8) is 0 Å². The second kappa shape index (κ2) is 9.94. The summed E-state index contributed by atoms with van der Waals surface area (Å²) in [5.74, 6) is -1.25. The van der Waals surface area contributed by atoms with E-state index in [1.807, 2.05) is 13.8 Å². The highest BCUT2D eigenvalue weighted by Crippen LogP contribution is 2.40. The van der Waals surface area contributed by atoms with E-state index < -0.39 is 17.7 Å². The summed E-state index contributed by atoms with van der Waals surface area (Å²) in [4.78, 5) is 31.3. The van der Waals surface area contributed by atoms with Gasteiger partial charge in [-0.1, -0.05) is 11.6 Å². The van der Waals surface area contributed by atoms with Crippen LogP contribution in [0.4, 0.5) is 0 Å². The molecule has 7 nitrogen and oxygen atoms in total. The van der Waals surface area contributed by atoms with Crippen LogP contribution in [0.1, 0.15) is 37.4 Å². The van der Waals surface area contributed by atoms with Gasteiger partial charge in [0.2, 0.25) is 0 Å². The van der Waals surface area contributed by atoms with E-state index in [1.54, 1.807) is 36.7 Å². The molecule has 0 aliphatic carbocycles. The molecule has 1 N–H and O–H groups in total. The molecular weight excluding hydrogens is 420 g/mol. The molecule has 1 unspecified atom stereocenters. The fourth-order valence-corrected chi connectivity index (χ4v) is 3.78. The maximum absolute atomic E-state index is 12.9. The Bertz CT molecular complexity index is 991. The van der Waals surface area contributed by atoms with Gasteiger partial charge in [0.05, 0.1) is 29.9 Å². The minimum Gasteiger partial charge on any atom is -0.507 e. The maximum atomic E-state index is 12.9. The molecule has 31 heavy (non-hydrogen) atoms. The Kier molecular flexibility index (Phi) is 7.30. The number of benzene rings is 1. The smallest absolute Gasteiger partial charge is 0.295 e. The molecule has 2 aromatic rings. The molecule has 1 aliphatic rings. The monoisotopic (exact) mass is 444 g/mol. The van der Waals surface area contributed by atoms with Gasteiger partial charge in [0.15, 0.2) is 0 Å². The van der Waals surface area contributed by atoms with Crippen LogP contribution >= 0.6 is 11.6 Å². The zero-order chi connectivity index (χ0) is 22.5. The standard InChI is InChI=1S/C23H25ClN2O5/c1-14(2)31-12-4-11-26-20(15-7-9-25-10-8-15)19(22(28)23(26)29)21(27)16-5-6-18(30-3)17(24)13-16/h5-10,13-14,20,27H,4,11-12H2,1-3H3/b21-19-. The molecule has 1 aromatic carbocycles. The molecule has 0 saturated carbocycles.